The molecule has 3 rings (SSSR count). The Kier molecular flexibility index (Phi) is 6.03. The Labute approximate surface area is 156 Å². The number of hydrogen-bond acceptors (Lipinski definition) is 2. The summed E-state index contributed by atoms with van der Waals surface area (Å²) in [6.45, 7) is 0.408. The van der Waals surface area contributed by atoms with Gasteiger partial charge in [0.15, 0.2) is 0 Å². The maximum atomic E-state index is 10.7. The zero-order chi connectivity index (χ0) is 17.5. The van der Waals surface area contributed by atoms with Crippen molar-refractivity contribution in [2.75, 3.05) is 0 Å². The van der Waals surface area contributed by atoms with Gasteiger partial charge in [-0.15, -0.1) is 0 Å². The predicted molar refractivity (Wildman–Crippen MR) is 104 cm³/mol. The third-order valence-electron chi connectivity index (χ3n) is 3.80. The molecule has 1 atom stereocenters. The first-order valence-corrected chi connectivity index (χ1v) is 8.83. The molecule has 124 valence electrons. The summed E-state index contributed by atoms with van der Waals surface area (Å²) in [5.41, 5.74) is 2.91. The molecule has 0 unspecified atom stereocenters. The summed E-state index contributed by atoms with van der Waals surface area (Å²) >= 11 is 3.45. The quantitative estimate of drug-likeness (QED) is 0.473. The largest absolute Gasteiger partial charge is 0.312 e. The van der Waals surface area contributed by atoms with Crippen molar-refractivity contribution in [1.29, 1.82) is 0 Å². The van der Waals surface area contributed by atoms with E-state index >= 15 is 0 Å². The van der Waals surface area contributed by atoms with E-state index in [1.165, 1.54) is 5.06 Å². The molecule has 2 nitrogen and oxygen atoms in total. The lowest BCUT2D eigenvalue weighted by molar-refractivity contribution is -0.121. The van der Waals surface area contributed by atoms with E-state index in [9.17, 15) is 5.21 Å². The van der Waals surface area contributed by atoms with Gasteiger partial charge in [-0.25, -0.2) is 0 Å². The number of benzene rings is 3. The van der Waals surface area contributed by atoms with Crippen molar-refractivity contribution in [2.24, 2.45) is 0 Å². The molecule has 0 radical (unpaired) electrons. The van der Waals surface area contributed by atoms with Gasteiger partial charge >= 0.3 is 0 Å². The predicted octanol–water partition coefficient (Wildman–Crippen LogP) is 5.43. The van der Waals surface area contributed by atoms with Gasteiger partial charge in [0, 0.05) is 10.0 Å². The van der Waals surface area contributed by atoms with E-state index in [-0.39, 0.29) is 0 Å². The summed E-state index contributed by atoms with van der Waals surface area (Å²) in [7, 11) is 0. The topological polar surface area (TPSA) is 23.5 Å². The molecule has 0 spiro atoms. The molecule has 25 heavy (non-hydrogen) atoms. The van der Waals surface area contributed by atoms with Crippen molar-refractivity contribution >= 4 is 15.9 Å². The van der Waals surface area contributed by atoms with Crippen molar-refractivity contribution in [1.82, 2.24) is 5.06 Å². The number of rotatable bonds is 4. The van der Waals surface area contributed by atoms with Crippen LogP contribution in [0.5, 0.6) is 0 Å². The van der Waals surface area contributed by atoms with Gasteiger partial charge in [0.2, 0.25) is 0 Å². The van der Waals surface area contributed by atoms with Crippen molar-refractivity contribution in [3.05, 3.63) is 106 Å². The normalized spacial score (nSPS) is 11.6. The van der Waals surface area contributed by atoms with E-state index in [2.05, 4.69) is 27.8 Å². The molecule has 1 N–H and O–H groups in total. The number of hydroxylamine groups is 2. The van der Waals surface area contributed by atoms with Crippen LogP contribution in [0.2, 0.25) is 0 Å². The van der Waals surface area contributed by atoms with Gasteiger partial charge in [0.05, 0.1) is 6.54 Å². The lowest BCUT2D eigenvalue weighted by Crippen LogP contribution is -2.24. The fraction of sp³-hybridized carbons (Fsp3) is 0.0909. The van der Waals surface area contributed by atoms with E-state index in [4.69, 9.17) is 0 Å². The average molecular weight is 392 g/mol. The standard InChI is InChI=1S/C22H18BrNO/c23-21-14-12-20(13-15-21)22(16-11-18-7-3-1-4-8-18)24(25)17-19-9-5-2-6-10-19/h1-10,12-15,22,25H,17H2/t22-/m0/s1. The van der Waals surface area contributed by atoms with Crippen LogP contribution < -0.4 is 0 Å². The van der Waals surface area contributed by atoms with Gasteiger partial charge in [-0.05, 0) is 35.4 Å². The van der Waals surface area contributed by atoms with E-state index in [1.807, 2.05) is 84.9 Å². The van der Waals surface area contributed by atoms with Crippen molar-refractivity contribution < 1.29 is 5.21 Å². The molecule has 0 aromatic heterocycles. The van der Waals surface area contributed by atoms with E-state index in [0.29, 0.717) is 6.54 Å². The van der Waals surface area contributed by atoms with Gasteiger partial charge in [0.25, 0.3) is 0 Å². The minimum atomic E-state index is -0.409. The molecule has 0 amide bonds. The molecule has 0 bridgehead atoms. The van der Waals surface area contributed by atoms with Gasteiger partial charge in [0.1, 0.15) is 6.04 Å². The third kappa shape index (κ3) is 5.04. The minimum Gasteiger partial charge on any atom is -0.312 e. The van der Waals surface area contributed by atoms with Crippen LogP contribution in [0.25, 0.3) is 0 Å². The summed E-state index contributed by atoms with van der Waals surface area (Å²) in [6.07, 6.45) is 0. The third-order valence-corrected chi connectivity index (χ3v) is 4.33. The number of nitrogens with zero attached hydrogens (tertiary/aromatic N) is 1. The second-order valence-electron chi connectivity index (χ2n) is 5.67. The molecule has 0 heterocycles. The van der Waals surface area contributed by atoms with Crippen LogP contribution in [0.1, 0.15) is 22.7 Å². The van der Waals surface area contributed by atoms with Crippen molar-refractivity contribution in [2.45, 2.75) is 12.6 Å². The monoisotopic (exact) mass is 391 g/mol. The van der Waals surface area contributed by atoms with Gasteiger partial charge in [-0.3, -0.25) is 0 Å². The number of halogens is 1. The molecule has 3 heteroatoms. The fourth-order valence-corrected chi connectivity index (χ4v) is 2.77. The lowest BCUT2D eigenvalue weighted by atomic mass is 10.1. The molecule has 0 aliphatic heterocycles. The SMILES string of the molecule is ON(Cc1ccccc1)[C@@H](C#Cc1ccccc1)c1ccc(Br)cc1. The van der Waals surface area contributed by atoms with Crippen LogP contribution in [-0.2, 0) is 6.54 Å². The second kappa shape index (κ2) is 8.64. The first-order chi connectivity index (χ1) is 12.2. The summed E-state index contributed by atoms with van der Waals surface area (Å²) < 4.78 is 0.999. The van der Waals surface area contributed by atoms with Gasteiger partial charge < -0.3 is 5.21 Å². The highest BCUT2D eigenvalue weighted by Gasteiger charge is 2.17. The average Bonchev–Trinajstić information content (AvgIpc) is 2.65. The Morgan fingerprint density at radius 1 is 0.840 bits per heavy atom. The molecular weight excluding hydrogens is 374 g/mol. The molecule has 0 fully saturated rings. The van der Waals surface area contributed by atoms with Crippen LogP contribution in [0.4, 0.5) is 0 Å². The maximum Gasteiger partial charge on any atom is 0.121 e. The molecule has 3 aromatic carbocycles. The fourth-order valence-electron chi connectivity index (χ4n) is 2.51. The highest BCUT2D eigenvalue weighted by molar-refractivity contribution is 9.10. The van der Waals surface area contributed by atoms with E-state index < -0.39 is 6.04 Å². The molecule has 3 aromatic rings. The molecule has 0 aliphatic rings. The lowest BCUT2D eigenvalue weighted by Gasteiger charge is -2.22. The first kappa shape index (κ1) is 17.4. The van der Waals surface area contributed by atoms with Crippen molar-refractivity contribution in [3.8, 4) is 11.8 Å². The zero-order valence-electron chi connectivity index (χ0n) is 13.6. The molecule has 0 saturated carbocycles. The molecular formula is C22H18BrNO. The zero-order valence-corrected chi connectivity index (χ0v) is 15.2. The van der Waals surface area contributed by atoms with Crippen LogP contribution >= 0.6 is 15.9 Å². The summed E-state index contributed by atoms with van der Waals surface area (Å²) in [5.74, 6) is 6.36. The second-order valence-corrected chi connectivity index (χ2v) is 6.59. The highest BCUT2D eigenvalue weighted by Crippen LogP contribution is 2.22. The summed E-state index contributed by atoms with van der Waals surface area (Å²) in [4.78, 5) is 0. The summed E-state index contributed by atoms with van der Waals surface area (Å²) in [5, 5.41) is 12.0. The van der Waals surface area contributed by atoms with Gasteiger partial charge in [-0.1, -0.05) is 88.4 Å². The molecule has 0 aliphatic carbocycles. The summed E-state index contributed by atoms with van der Waals surface area (Å²) in [6, 6.07) is 27.1. The van der Waals surface area contributed by atoms with Gasteiger partial charge in [-0.2, -0.15) is 5.06 Å². The Balaban J connectivity index is 1.88. The van der Waals surface area contributed by atoms with E-state index in [1.54, 1.807) is 0 Å². The van der Waals surface area contributed by atoms with Crippen LogP contribution in [0, 0.1) is 11.8 Å². The minimum absolute atomic E-state index is 0.408. The maximum absolute atomic E-state index is 10.7. The highest BCUT2D eigenvalue weighted by atomic mass is 79.9. The van der Waals surface area contributed by atoms with E-state index in [0.717, 1.165) is 21.2 Å². The number of hydrogen-bond donors (Lipinski definition) is 1. The Morgan fingerprint density at radius 2 is 1.44 bits per heavy atom. The van der Waals surface area contributed by atoms with Crippen LogP contribution in [0.15, 0.2) is 89.4 Å². The molecule has 0 saturated heterocycles. The Bertz CT molecular complexity index is 851. The Morgan fingerprint density at radius 3 is 2.08 bits per heavy atom. The Hall–Kier alpha value is -2.38. The van der Waals surface area contributed by atoms with Crippen LogP contribution in [-0.4, -0.2) is 10.3 Å². The smallest absolute Gasteiger partial charge is 0.121 e. The first-order valence-electron chi connectivity index (χ1n) is 8.04. The van der Waals surface area contributed by atoms with Crippen molar-refractivity contribution in [3.63, 3.8) is 0 Å². The van der Waals surface area contributed by atoms with Crippen LogP contribution in [0.3, 0.4) is 0 Å².